The molecule has 1 aromatic carbocycles. The minimum atomic E-state index is -0.886. The first-order valence-electron chi connectivity index (χ1n) is 8.50. The first-order valence-corrected chi connectivity index (χ1v) is 8.87. The number of ketones is 1. The van der Waals surface area contributed by atoms with Crippen molar-refractivity contribution >= 4 is 46.7 Å². The van der Waals surface area contributed by atoms with Crippen LogP contribution in [0, 0.1) is 12.8 Å². The average molecular weight is 404 g/mol. The number of Topliss-reactive ketones (excluding diaryl/α,β-unsaturated/α-hetero) is 1. The molecule has 8 nitrogen and oxygen atoms in total. The Bertz CT molecular complexity index is 980. The zero-order valence-electron chi connectivity index (χ0n) is 15.2. The molecule has 28 heavy (non-hydrogen) atoms. The summed E-state index contributed by atoms with van der Waals surface area (Å²) in [7, 11) is 0. The van der Waals surface area contributed by atoms with Crippen LogP contribution >= 0.6 is 11.6 Å². The fourth-order valence-corrected chi connectivity index (χ4v) is 3.39. The third kappa shape index (κ3) is 3.63. The number of amides is 3. The smallest absolute Gasteiger partial charge is 0.255 e. The molecule has 3 amide bonds. The summed E-state index contributed by atoms with van der Waals surface area (Å²) in [4.78, 5) is 50.0. The number of carbonyl (C=O) groups excluding carboxylic acids is 4. The molecule has 1 unspecified atom stereocenters. The normalized spacial score (nSPS) is 16.3. The van der Waals surface area contributed by atoms with Gasteiger partial charge >= 0.3 is 0 Å². The number of furan rings is 1. The lowest BCUT2D eigenvalue weighted by molar-refractivity contribution is -0.122. The maximum atomic E-state index is 12.6. The van der Waals surface area contributed by atoms with Gasteiger partial charge in [-0.2, -0.15) is 0 Å². The van der Waals surface area contributed by atoms with Gasteiger partial charge in [-0.1, -0.05) is 11.6 Å². The second kappa shape index (κ2) is 7.47. The van der Waals surface area contributed by atoms with Crippen molar-refractivity contribution in [2.24, 2.45) is 11.7 Å². The third-order valence-electron chi connectivity index (χ3n) is 4.55. The van der Waals surface area contributed by atoms with Gasteiger partial charge in [-0.3, -0.25) is 24.5 Å². The van der Waals surface area contributed by atoms with Crippen LogP contribution in [0.15, 0.2) is 28.7 Å². The van der Waals surface area contributed by atoms with Gasteiger partial charge in [0.05, 0.1) is 11.5 Å². The van der Waals surface area contributed by atoms with Crippen LogP contribution in [0.4, 0.5) is 11.6 Å². The first-order chi connectivity index (χ1) is 13.2. The van der Waals surface area contributed by atoms with E-state index >= 15 is 0 Å². The topological polar surface area (TPSA) is 123 Å². The Morgan fingerprint density at radius 1 is 1.21 bits per heavy atom. The summed E-state index contributed by atoms with van der Waals surface area (Å²) in [5, 5.41) is 3.03. The van der Waals surface area contributed by atoms with Gasteiger partial charge in [-0.15, -0.1) is 0 Å². The summed E-state index contributed by atoms with van der Waals surface area (Å²) in [6.45, 7) is 2.94. The van der Waals surface area contributed by atoms with Crippen LogP contribution in [-0.2, 0) is 9.59 Å². The van der Waals surface area contributed by atoms with Crippen molar-refractivity contribution in [1.29, 1.82) is 0 Å². The van der Waals surface area contributed by atoms with Crippen molar-refractivity contribution in [2.45, 2.75) is 20.3 Å². The minimum Gasteiger partial charge on any atom is -0.444 e. The van der Waals surface area contributed by atoms with E-state index in [1.54, 1.807) is 24.3 Å². The van der Waals surface area contributed by atoms with Crippen molar-refractivity contribution < 1.29 is 23.6 Å². The number of hydrogen-bond acceptors (Lipinski definition) is 5. The zero-order valence-corrected chi connectivity index (χ0v) is 16.0. The van der Waals surface area contributed by atoms with Gasteiger partial charge in [0.25, 0.3) is 5.91 Å². The van der Waals surface area contributed by atoms with Crippen molar-refractivity contribution in [3.63, 3.8) is 0 Å². The summed E-state index contributed by atoms with van der Waals surface area (Å²) in [5.41, 5.74) is 5.85. The minimum absolute atomic E-state index is 0.000376. The molecule has 1 atom stereocenters. The van der Waals surface area contributed by atoms with Gasteiger partial charge in [0.1, 0.15) is 11.3 Å². The molecule has 3 N–H and O–H groups in total. The zero-order chi connectivity index (χ0) is 20.6. The van der Waals surface area contributed by atoms with Gasteiger partial charge in [0, 0.05) is 23.7 Å². The number of nitrogens with zero attached hydrogens (tertiary/aromatic N) is 1. The van der Waals surface area contributed by atoms with Gasteiger partial charge in [-0.25, -0.2) is 0 Å². The van der Waals surface area contributed by atoms with E-state index in [4.69, 9.17) is 21.8 Å². The van der Waals surface area contributed by atoms with Crippen LogP contribution in [0.25, 0.3) is 0 Å². The van der Waals surface area contributed by atoms with E-state index in [0.717, 1.165) is 0 Å². The molecule has 0 aliphatic carbocycles. The van der Waals surface area contributed by atoms with E-state index in [1.165, 1.54) is 18.7 Å². The molecule has 1 aliphatic heterocycles. The van der Waals surface area contributed by atoms with Crippen molar-refractivity contribution in [2.75, 3.05) is 16.8 Å². The van der Waals surface area contributed by atoms with Crippen molar-refractivity contribution in [3.8, 4) is 0 Å². The molecule has 3 rings (SSSR count). The van der Waals surface area contributed by atoms with E-state index in [1.807, 2.05) is 0 Å². The number of hydrogen-bond donors (Lipinski definition) is 2. The molecule has 1 fully saturated rings. The molecule has 0 spiro atoms. The molecule has 1 saturated heterocycles. The molecule has 2 aromatic rings. The van der Waals surface area contributed by atoms with E-state index in [2.05, 4.69) is 5.32 Å². The summed E-state index contributed by atoms with van der Waals surface area (Å²) in [6, 6.07) is 6.71. The molecule has 0 saturated carbocycles. The summed E-state index contributed by atoms with van der Waals surface area (Å²) in [6.07, 6.45) is -0.000376. The number of carbonyl (C=O) groups is 4. The van der Waals surface area contributed by atoms with E-state index in [-0.39, 0.29) is 41.6 Å². The Hall–Kier alpha value is -3.13. The van der Waals surface area contributed by atoms with Gasteiger partial charge in [0.15, 0.2) is 5.78 Å². The molecule has 1 aromatic heterocycles. The SMILES string of the molecule is CC(=O)c1c(C)oc(NC(=O)C2CC(=O)N(c3ccc(Cl)cc3)C2)c1C(N)=O. The fourth-order valence-electron chi connectivity index (χ4n) is 3.26. The van der Waals surface area contributed by atoms with Crippen molar-refractivity contribution in [1.82, 2.24) is 0 Å². The Balaban J connectivity index is 1.80. The first kappa shape index (κ1) is 19.6. The van der Waals surface area contributed by atoms with Crippen LogP contribution < -0.4 is 16.0 Å². The van der Waals surface area contributed by atoms with E-state index in [0.29, 0.717) is 10.7 Å². The number of nitrogens with one attached hydrogen (secondary N) is 1. The molecule has 146 valence electrons. The number of aryl methyl sites for hydroxylation is 1. The number of benzene rings is 1. The lowest BCUT2D eigenvalue weighted by atomic mass is 10.1. The second-order valence-electron chi connectivity index (χ2n) is 6.53. The number of halogens is 1. The Morgan fingerprint density at radius 3 is 2.43 bits per heavy atom. The van der Waals surface area contributed by atoms with Crippen LogP contribution in [0.2, 0.25) is 5.02 Å². The summed E-state index contributed by atoms with van der Waals surface area (Å²) >= 11 is 5.86. The standard InChI is InChI=1S/C19H18ClN3O5/c1-9(24)15-10(2)28-19(16(15)17(21)26)22-18(27)11-7-14(25)23(8-11)13-5-3-12(20)4-6-13/h3-6,11H,7-8H2,1-2H3,(H2,21,26)(H,22,27). The fraction of sp³-hybridized carbons (Fsp3) is 0.263. The second-order valence-corrected chi connectivity index (χ2v) is 6.97. The highest BCUT2D eigenvalue weighted by Crippen LogP contribution is 2.30. The third-order valence-corrected chi connectivity index (χ3v) is 4.81. The maximum absolute atomic E-state index is 12.6. The molecule has 0 bridgehead atoms. The predicted octanol–water partition coefficient (Wildman–Crippen LogP) is 2.53. The average Bonchev–Trinajstić information content (AvgIpc) is 3.15. The largest absolute Gasteiger partial charge is 0.444 e. The number of rotatable bonds is 5. The monoisotopic (exact) mass is 403 g/mol. The van der Waals surface area contributed by atoms with E-state index in [9.17, 15) is 19.2 Å². The quantitative estimate of drug-likeness (QED) is 0.742. The van der Waals surface area contributed by atoms with Crippen LogP contribution in [0.5, 0.6) is 0 Å². The Morgan fingerprint density at radius 2 is 1.86 bits per heavy atom. The summed E-state index contributed by atoms with van der Waals surface area (Å²) < 4.78 is 5.38. The number of nitrogens with two attached hydrogens (primary N) is 1. The molecular formula is C19H18ClN3O5. The van der Waals surface area contributed by atoms with Crippen molar-refractivity contribution in [3.05, 3.63) is 46.2 Å². The summed E-state index contributed by atoms with van der Waals surface area (Å²) in [5.74, 6) is -2.66. The van der Waals surface area contributed by atoms with Gasteiger partial charge < -0.3 is 15.1 Å². The highest BCUT2D eigenvalue weighted by molar-refractivity contribution is 6.30. The molecule has 1 aliphatic rings. The van der Waals surface area contributed by atoms with Gasteiger partial charge in [-0.05, 0) is 38.1 Å². The lowest BCUT2D eigenvalue weighted by Gasteiger charge is -2.16. The highest BCUT2D eigenvalue weighted by atomic mass is 35.5. The predicted molar refractivity (Wildman–Crippen MR) is 103 cm³/mol. The number of primary amides is 1. The van der Waals surface area contributed by atoms with Gasteiger partial charge in [0.2, 0.25) is 17.7 Å². The number of anilines is 2. The van der Waals surface area contributed by atoms with Crippen LogP contribution in [-0.4, -0.2) is 30.0 Å². The molecular weight excluding hydrogens is 386 g/mol. The maximum Gasteiger partial charge on any atom is 0.255 e. The Labute approximate surface area is 165 Å². The van der Waals surface area contributed by atoms with E-state index < -0.39 is 23.5 Å². The molecule has 9 heteroatoms. The highest BCUT2D eigenvalue weighted by Gasteiger charge is 2.36. The lowest BCUT2D eigenvalue weighted by Crippen LogP contribution is -2.28. The van der Waals surface area contributed by atoms with Crippen LogP contribution in [0.1, 0.15) is 39.8 Å². The Kier molecular flexibility index (Phi) is 5.24. The van der Waals surface area contributed by atoms with Crippen LogP contribution in [0.3, 0.4) is 0 Å². The molecule has 0 radical (unpaired) electrons. The molecule has 2 heterocycles.